The van der Waals surface area contributed by atoms with Gasteiger partial charge in [0.25, 0.3) is 11.1 Å². The Morgan fingerprint density at radius 2 is 1.81 bits per heavy atom. The van der Waals surface area contributed by atoms with Gasteiger partial charge in [-0.3, -0.25) is 9.59 Å². The zero-order chi connectivity index (χ0) is 35.2. The van der Waals surface area contributed by atoms with E-state index >= 15 is 4.39 Å². The number of ether oxygens (including phenoxy) is 2. The van der Waals surface area contributed by atoms with Crippen molar-refractivity contribution in [1.82, 2.24) is 24.3 Å². The van der Waals surface area contributed by atoms with Crippen LogP contribution in [0.3, 0.4) is 0 Å². The maximum absolute atomic E-state index is 15.0. The topological polar surface area (TPSA) is 113 Å². The first kappa shape index (κ1) is 36.5. The van der Waals surface area contributed by atoms with Gasteiger partial charge in [0.1, 0.15) is 23.9 Å². The molecule has 0 fully saturated rings. The summed E-state index contributed by atoms with van der Waals surface area (Å²) < 4.78 is 67.6. The van der Waals surface area contributed by atoms with Crippen molar-refractivity contribution in [2.45, 2.75) is 77.9 Å². The first-order chi connectivity index (χ1) is 22.6. The summed E-state index contributed by atoms with van der Waals surface area (Å²) >= 11 is 0. The van der Waals surface area contributed by atoms with E-state index < -0.39 is 31.2 Å². The molecule has 48 heavy (non-hydrogen) atoms. The lowest BCUT2D eigenvalue weighted by molar-refractivity contribution is -0.138. The third kappa shape index (κ3) is 9.16. The summed E-state index contributed by atoms with van der Waals surface area (Å²) in [7, 11) is -1.29. The highest BCUT2D eigenvalue weighted by Crippen LogP contribution is 2.30. The van der Waals surface area contributed by atoms with Crippen molar-refractivity contribution >= 4 is 30.3 Å². The lowest BCUT2D eigenvalue weighted by Crippen LogP contribution is -2.30. The number of halogens is 4. The Morgan fingerprint density at radius 3 is 2.46 bits per heavy atom. The van der Waals surface area contributed by atoms with Gasteiger partial charge in [-0.05, 0) is 56.3 Å². The molecule has 0 radical (unpaired) electrons. The van der Waals surface area contributed by atoms with Crippen LogP contribution in [0.25, 0.3) is 27.9 Å². The minimum atomic E-state index is -4.62. The van der Waals surface area contributed by atoms with Crippen LogP contribution in [0.1, 0.15) is 37.8 Å². The summed E-state index contributed by atoms with van der Waals surface area (Å²) in [6.07, 6.45) is 0.857. The molecule has 0 aliphatic rings. The Hall–Kier alpha value is -4.37. The normalized spacial score (nSPS) is 12.7. The van der Waals surface area contributed by atoms with Crippen molar-refractivity contribution in [2.75, 3.05) is 18.5 Å². The van der Waals surface area contributed by atoms with Gasteiger partial charge in [0.05, 0.1) is 35.0 Å². The van der Waals surface area contributed by atoms with E-state index in [0.29, 0.717) is 56.1 Å². The molecule has 1 unspecified atom stereocenters. The number of pyridine rings is 1. The van der Waals surface area contributed by atoms with Crippen LogP contribution in [-0.4, -0.2) is 51.6 Å². The van der Waals surface area contributed by atoms with Crippen LogP contribution in [-0.2, 0) is 28.9 Å². The van der Waals surface area contributed by atoms with Crippen LogP contribution in [0.5, 0.6) is 0 Å². The fraction of sp³-hybridized carbons (Fsp3) is 0.424. The summed E-state index contributed by atoms with van der Waals surface area (Å²) in [5.74, 6) is -0.828. The maximum atomic E-state index is 15.0. The van der Waals surface area contributed by atoms with Crippen LogP contribution in [0, 0.1) is 5.82 Å². The third-order valence-electron chi connectivity index (χ3n) is 7.57. The van der Waals surface area contributed by atoms with E-state index in [4.69, 9.17) is 9.47 Å². The molecule has 10 nitrogen and oxygen atoms in total. The molecule has 3 heterocycles. The maximum Gasteiger partial charge on any atom is 0.419 e. The number of anilines is 1. The number of benzene rings is 1. The molecule has 3 aromatic heterocycles. The van der Waals surface area contributed by atoms with E-state index in [0.717, 1.165) is 12.1 Å². The molecule has 0 spiro atoms. The van der Waals surface area contributed by atoms with Crippen LogP contribution in [0.4, 0.5) is 23.2 Å². The zero-order valence-electron chi connectivity index (χ0n) is 27.7. The lowest BCUT2D eigenvalue weighted by Gasteiger charge is -2.20. The molecule has 1 N–H and O–H groups in total. The van der Waals surface area contributed by atoms with E-state index in [1.54, 1.807) is 25.4 Å². The van der Waals surface area contributed by atoms with E-state index in [9.17, 15) is 22.8 Å². The second-order valence-electron chi connectivity index (χ2n) is 12.7. The second-order valence-corrected chi connectivity index (χ2v) is 18.3. The van der Waals surface area contributed by atoms with Gasteiger partial charge in [0.15, 0.2) is 5.82 Å². The van der Waals surface area contributed by atoms with Crippen molar-refractivity contribution < 1.29 is 27.0 Å². The number of aryl methyl sites for hydroxylation is 1. The van der Waals surface area contributed by atoms with Crippen molar-refractivity contribution in [1.29, 1.82) is 0 Å². The summed E-state index contributed by atoms with van der Waals surface area (Å²) in [5.41, 5.74) is -1.23. The van der Waals surface area contributed by atoms with E-state index in [1.807, 2.05) is 6.92 Å². The van der Waals surface area contributed by atoms with Crippen molar-refractivity contribution in [3.63, 3.8) is 0 Å². The number of nitrogens with zero attached hydrogens (tertiary/aromatic N) is 5. The lowest BCUT2D eigenvalue weighted by atomic mass is 10.1. The molecule has 0 amide bonds. The van der Waals surface area contributed by atoms with Gasteiger partial charge in [0, 0.05) is 45.9 Å². The number of alkyl halides is 3. The van der Waals surface area contributed by atoms with Crippen molar-refractivity contribution in [3.05, 3.63) is 87.2 Å². The molecule has 4 rings (SSSR count). The summed E-state index contributed by atoms with van der Waals surface area (Å²) in [4.78, 5) is 33.9. The summed E-state index contributed by atoms with van der Waals surface area (Å²) in [6, 6.07) is 4.85. The number of nitrogens with one attached hydrogen (secondary N) is 1. The number of fused-ring (bicyclic) bond motifs is 1. The van der Waals surface area contributed by atoms with Gasteiger partial charge in [-0.2, -0.15) is 18.3 Å². The first-order valence-electron chi connectivity index (χ1n) is 15.6. The Labute approximate surface area is 276 Å². The minimum absolute atomic E-state index is 0.0140. The number of rotatable bonds is 15. The Balaban J connectivity index is 1.43. The monoisotopic (exact) mass is 688 g/mol. The van der Waals surface area contributed by atoms with Gasteiger partial charge in [-0.15, -0.1) is 0 Å². The number of hydrogen-bond donors (Lipinski definition) is 1. The van der Waals surface area contributed by atoms with E-state index in [-0.39, 0.29) is 46.4 Å². The molecular weight excluding hydrogens is 648 g/mol. The van der Waals surface area contributed by atoms with Crippen LogP contribution < -0.4 is 16.4 Å². The van der Waals surface area contributed by atoms with Gasteiger partial charge in [-0.1, -0.05) is 26.2 Å². The van der Waals surface area contributed by atoms with Gasteiger partial charge in [0.2, 0.25) is 0 Å². The highest BCUT2D eigenvalue weighted by atomic mass is 28.3. The Bertz CT molecular complexity index is 1870. The van der Waals surface area contributed by atoms with Gasteiger partial charge < -0.3 is 19.4 Å². The highest BCUT2D eigenvalue weighted by Gasteiger charge is 2.31. The second kappa shape index (κ2) is 15.2. The molecule has 0 bridgehead atoms. The molecule has 0 aliphatic carbocycles. The third-order valence-corrected chi connectivity index (χ3v) is 9.28. The summed E-state index contributed by atoms with van der Waals surface area (Å²) in [5, 5.41) is 8.12. The van der Waals surface area contributed by atoms with Crippen molar-refractivity contribution in [3.8, 4) is 11.4 Å². The van der Waals surface area contributed by atoms with Crippen LogP contribution in [0.2, 0.25) is 25.7 Å². The molecule has 0 saturated carbocycles. The number of aromatic nitrogens is 5. The fourth-order valence-corrected chi connectivity index (χ4v) is 5.66. The SMILES string of the molecule is C=C(OCC)c1c(NC(C)CCCn2ccc3cc(-c4ncc(C(F)(F)F)cn4)c(F)cc3c2=O)cnn(COCC[Si](C)(C)C)c1=O. The largest absolute Gasteiger partial charge is 0.494 e. The zero-order valence-corrected chi connectivity index (χ0v) is 28.7. The molecule has 1 aromatic carbocycles. The number of hydrogen-bond acceptors (Lipinski definition) is 8. The van der Waals surface area contributed by atoms with Gasteiger partial charge in [-0.25, -0.2) is 19.0 Å². The molecular formula is C33H40F4N6O4Si. The highest BCUT2D eigenvalue weighted by molar-refractivity contribution is 6.76. The predicted molar refractivity (Wildman–Crippen MR) is 180 cm³/mol. The van der Waals surface area contributed by atoms with E-state index in [1.165, 1.54) is 15.3 Å². The molecule has 1 atom stereocenters. The molecule has 0 saturated heterocycles. The molecule has 15 heteroatoms. The standard InChI is InChI=1S/C33H40F4N6O4Si/c1-7-47-22(3)29-28(19-40-43(32(29)45)20-46-13-14-48(4,5)6)41-21(2)9-8-11-42-12-10-23-15-26(27(34)16-25(23)31(42)44)30-38-17-24(18-39-30)33(35,36)37/h10,12,15-19,21,41H,3,7-9,11,13-14,20H2,1-2,4-6H3. The smallest absolute Gasteiger partial charge is 0.419 e. The van der Waals surface area contributed by atoms with Crippen molar-refractivity contribution in [2.24, 2.45) is 0 Å². The first-order valence-corrected chi connectivity index (χ1v) is 19.3. The van der Waals surface area contributed by atoms with Crippen LogP contribution in [0.15, 0.2) is 59.2 Å². The predicted octanol–water partition coefficient (Wildman–Crippen LogP) is 6.77. The molecule has 0 aliphatic heterocycles. The van der Waals surface area contributed by atoms with Gasteiger partial charge >= 0.3 is 6.18 Å². The Morgan fingerprint density at radius 1 is 1.10 bits per heavy atom. The molecule has 258 valence electrons. The average molecular weight is 689 g/mol. The Kier molecular flexibility index (Phi) is 11.6. The summed E-state index contributed by atoms with van der Waals surface area (Å²) in [6.45, 7) is 15.6. The van der Waals surface area contributed by atoms with E-state index in [2.05, 4.69) is 46.6 Å². The average Bonchev–Trinajstić information content (AvgIpc) is 3.00. The minimum Gasteiger partial charge on any atom is -0.494 e. The fourth-order valence-electron chi connectivity index (χ4n) is 4.91. The quantitative estimate of drug-likeness (QED) is 0.0630. The van der Waals surface area contributed by atoms with Crippen LogP contribution >= 0.6 is 0 Å². The molecule has 4 aromatic rings.